The summed E-state index contributed by atoms with van der Waals surface area (Å²) in [6, 6.07) is 9.44. The second kappa shape index (κ2) is 6.67. The summed E-state index contributed by atoms with van der Waals surface area (Å²) in [6.45, 7) is 3.75. The number of carbonyl (C=O) groups excluding carboxylic acids is 1. The predicted octanol–water partition coefficient (Wildman–Crippen LogP) is 3.12. The number of aromatic nitrogens is 3. The van der Waals surface area contributed by atoms with Gasteiger partial charge >= 0.3 is 0 Å². The molecule has 0 saturated heterocycles. The van der Waals surface area contributed by atoms with Crippen LogP contribution in [0.3, 0.4) is 0 Å². The highest BCUT2D eigenvalue weighted by molar-refractivity contribution is 5.97. The molecule has 0 bridgehead atoms. The van der Waals surface area contributed by atoms with Crippen LogP contribution in [0.5, 0.6) is 0 Å². The van der Waals surface area contributed by atoms with Crippen LogP contribution in [-0.2, 0) is 13.0 Å². The molecule has 25 heavy (non-hydrogen) atoms. The molecule has 0 spiro atoms. The lowest BCUT2D eigenvalue weighted by molar-refractivity contribution is 0.0954. The van der Waals surface area contributed by atoms with Gasteiger partial charge in [0, 0.05) is 48.5 Å². The monoisotopic (exact) mass is 334 g/mol. The zero-order valence-electron chi connectivity index (χ0n) is 14.4. The van der Waals surface area contributed by atoms with Gasteiger partial charge in [0.05, 0.1) is 5.52 Å². The third kappa shape index (κ3) is 3.55. The van der Waals surface area contributed by atoms with Crippen molar-refractivity contribution in [2.75, 3.05) is 6.54 Å². The minimum absolute atomic E-state index is 0.0530. The van der Waals surface area contributed by atoms with Gasteiger partial charge in [-0.15, -0.1) is 0 Å². The van der Waals surface area contributed by atoms with Gasteiger partial charge in [0.15, 0.2) is 0 Å². The Balaban J connectivity index is 1.38. The molecule has 1 saturated carbocycles. The van der Waals surface area contributed by atoms with Crippen molar-refractivity contribution in [3.05, 3.63) is 59.8 Å². The number of benzene rings is 1. The minimum Gasteiger partial charge on any atom is -0.352 e. The van der Waals surface area contributed by atoms with Crippen LogP contribution in [0.25, 0.3) is 10.9 Å². The largest absolute Gasteiger partial charge is 0.352 e. The summed E-state index contributed by atoms with van der Waals surface area (Å²) < 4.78 is 2.30. The van der Waals surface area contributed by atoms with Gasteiger partial charge in [-0.25, -0.2) is 4.98 Å². The quantitative estimate of drug-likeness (QED) is 0.753. The number of rotatable bonds is 6. The van der Waals surface area contributed by atoms with Crippen LogP contribution in [0.2, 0.25) is 0 Å². The molecule has 0 aliphatic heterocycles. The zero-order valence-corrected chi connectivity index (χ0v) is 14.4. The standard InChI is InChI=1S/C20H22N4O/c1-14-12-23-19(24(14)13-15-4-5-15)8-10-22-20(25)17-6-7-18-16(11-17)3-2-9-21-18/h2-3,6-7,9,11-12,15H,4-5,8,10,13H2,1H3,(H,22,25). The van der Waals surface area contributed by atoms with E-state index in [2.05, 4.69) is 26.8 Å². The van der Waals surface area contributed by atoms with E-state index in [9.17, 15) is 4.79 Å². The summed E-state index contributed by atoms with van der Waals surface area (Å²) in [5.74, 6) is 1.82. The first-order valence-electron chi connectivity index (χ1n) is 8.85. The maximum absolute atomic E-state index is 12.4. The number of hydrogen-bond acceptors (Lipinski definition) is 3. The van der Waals surface area contributed by atoms with Gasteiger partial charge in [-0.2, -0.15) is 0 Å². The highest BCUT2D eigenvalue weighted by Crippen LogP contribution is 2.31. The SMILES string of the molecule is Cc1cnc(CCNC(=O)c2ccc3ncccc3c2)n1CC1CC1. The highest BCUT2D eigenvalue weighted by atomic mass is 16.1. The van der Waals surface area contributed by atoms with Crippen molar-refractivity contribution in [1.29, 1.82) is 0 Å². The molecular formula is C20H22N4O. The lowest BCUT2D eigenvalue weighted by atomic mass is 10.1. The third-order valence-electron chi connectivity index (χ3n) is 4.77. The molecule has 0 unspecified atom stereocenters. The second-order valence-electron chi connectivity index (χ2n) is 6.79. The third-order valence-corrected chi connectivity index (χ3v) is 4.77. The molecule has 5 nitrogen and oxygen atoms in total. The minimum atomic E-state index is -0.0530. The molecule has 1 aromatic carbocycles. The van der Waals surface area contributed by atoms with Gasteiger partial charge in [-0.05, 0) is 49.9 Å². The first-order chi connectivity index (χ1) is 12.2. The molecule has 1 fully saturated rings. The Hall–Kier alpha value is -2.69. The fraction of sp³-hybridized carbons (Fsp3) is 0.350. The summed E-state index contributed by atoms with van der Waals surface area (Å²) >= 11 is 0. The van der Waals surface area contributed by atoms with Crippen molar-refractivity contribution in [2.45, 2.75) is 32.7 Å². The van der Waals surface area contributed by atoms with E-state index < -0.39 is 0 Å². The molecule has 5 heteroatoms. The van der Waals surface area contributed by atoms with E-state index in [1.807, 2.05) is 36.5 Å². The first kappa shape index (κ1) is 15.8. The van der Waals surface area contributed by atoms with Gasteiger partial charge in [-0.3, -0.25) is 9.78 Å². The Labute approximate surface area is 147 Å². The van der Waals surface area contributed by atoms with E-state index in [-0.39, 0.29) is 5.91 Å². The molecule has 1 N–H and O–H groups in total. The molecule has 128 valence electrons. The van der Waals surface area contributed by atoms with Crippen LogP contribution >= 0.6 is 0 Å². The van der Waals surface area contributed by atoms with Crippen LogP contribution in [0.4, 0.5) is 0 Å². The normalized spacial score (nSPS) is 14.0. The first-order valence-corrected chi connectivity index (χ1v) is 8.85. The van der Waals surface area contributed by atoms with Crippen molar-refractivity contribution < 1.29 is 4.79 Å². The van der Waals surface area contributed by atoms with Crippen LogP contribution in [0.15, 0.2) is 42.7 Å². The fourth-order valence-electron chi connectivity index (χ4n) is 3.13. The molecule has 4 rings (SSSR count). The van der Waals surface area contributed by atoms with Crippen LogP contribution in [0, 0.1) is 12.8 Å². The van der Waals surface area contributed by atoms with Crippen molar-refractivity contribution >= 4 is 16.8 Å². The van der Waals surface area contributed by atoms with Gasteiger partial charge in [0.2, 0.25) is 0 Å². The summed E-state index contributed by atoms with van der Waals surface area (Å²) in [5, 5.41) is 3.98. The van der Waals surface area contributed by atoms with Gasteiger partial charge < -0.3 is 9.88 Å². The summed E-state index contributed by atoms with van der Waals surface area (Å²) in [7, 11) is 0. The van der Waals surface area contributed by atoms with E-state index in [0.717, 1.165) is 35.6 Å². The Morgan fingerprint density at radius 3 is 3.00 bits per heavy atom. The molecule has 2 heterocycles. The van der Waals surface area contributed by atoms with E-state index in [1.165, 1.54) is 18.5 Å². The molecule has 1 aliphatic rings. The fourth-order valence-corrected chi connectivity index (χ4v) is 3.13. The topological polar surface area (TPSA) is 59.8 Å². The highest BCUT2D eigenvalue weighted by Gasteiger charge is 2.23. The summed E-state index contributed by atoms with van der Waals surface area (Å²) in [5.41, 5.74) is 2.77. The summed E-state index contributed by atoms with van der Waals surface area (Å²) in [4.78, 5) is 21.2. The molecular weight excluding hydrogens is 312 g/mol. The molecule has 3 aromatic rings. The number of hydrogen-bond donors (Lipinski definition) is 1. The van der Waals surface area contributed by atoms with Crippen molar-refractivity contribution in [3.63, 3.8) is 0 Å². The second-order valence-corrected chi connectivity index (χ2v) is 6.79. The van der Waals surface area contributed by atoms with Crippen molar-refractivity contribution in [3.8, 4) is 0 Å². The summed E-state index contributed by atoms with van der Waals surface area (Å²) in [6.07, 6.45) is 7.08. The molecule has 2 aromatic heterocycles. The lowest BCUT2D eigenvalue weighted by Crippen LogP contribution is -2.26. The molecule has 1 aliphatic carbocycles. The van der Waals surface area contributed by atoms with Crippen LogP contribution in [-0.4, -0.2) is 27.0 Å². The van der Waals surface area contributed by atoms with Crippen molar-refractivity contribution in [1.82, 2.24) is 19.9 Å². The van der Waals surface area contributed by atoms with E-state index in [1.54, 1.807) is 6.20 Å². The van der Waals surface area contributed by atoms with Crippen LogP contribution < -0.4 is 5.32 Å². The Bertz CT molecular complexity index is 911. The number of pyridine rings is 1. The average molecular weight is 334 g/mol. The van der Waals surface area contributed by atoms with Crippen LogP contribution in [0.1, 0.15) is 34.7 Å². The van der Waals surface area contributed by atoms with E-state index in [0.29, 0.717) is 12.1 Å². The number of imidazole rings is 1. The van der Waals surface area contributed by atoms with Gasteiger partial charge in [-0.1, -0.05) is 6.07 Å². The number of aryl methyl sites for hydroxylation is 1. The average Bonchev–Trinajstić information content (AvgIpc) is 3.39. The maximum Gasteiger partial charge on any atom is 0.251 e. The number of carbonyl (C=O) groups is 1. The smallest absolute Gasteiger partial charge is 0.251 e. The number of nitrogens with one attached hydrogen (secondary N) is 1. The van der Waals surface area contributed by atoms with Gasteiger partial charge in [0.1, 0.15) is 5.82 Å². The Kier molecular flexibility index (Phi) is 4.22. The lowest BCUT2D eigenvalue weighted by Gasteiger charge is -2.10. The number of nitrogens with zero attached hydrogens (tertiary/aromatic N) is 3. The Morgan fingerprint density at radius 2 is 2.16 bits per heavy atom. The Morgan fingerprint density at radius 1 is 1.28 bits per heavy atom. The molecule has 1 amide bonds. The van der Waals surface area contributed by atoms with E-state index >= 15 is 0 Å². The van der Waals surface area contributed by atoms with Gasteiger partial charge in [0.25, 0.3) is 5.91 Å². The molecule has 0 radical (unpaired) electrons. The predicted molar refractivity (Wildman–Crippen MR) is 97.5 cm³/mol. The number of fused-ring (bicyclic) bond motifs is 1. The van der Waals surface area contributed by atoms with E-state index in [4.69, 9.17) is 0 Å². The number of amides is 1. The maximum atomic E-state index is 12.4. The molecule has 0 atom stereocenters. The van der Waals surface area contributed by atoms with Crippen molar-refractivity contribution in [2.24, 2.45) is 5.92 Å². The zero-order chi connectivity index (χ0) is 17.2.